The van der Waals surface area contributed by atoms with Crippen molar-refractivity contribution < 1.29 is 9.16 Å². The van der Waals surface area contributed by atoms with Gasteiger partial charge in [0.2, 0.25) is 0 Å². The summed E-state index contributed by atoms with van der Waals surface area (Å²) in [4.78, 5) is 3.97. The van der Waals surface area contributed by atoms with Gasteiger partial charge in [0.15, 0.2) is 14.5 Å². The highest BCUT2D eigenvalue weighted by Crippen LogP contribution is 2.36. The summed E-state index contributed by atoms with van der Waals surface area (Å²) in [5.74, 6) is 0. The van der Waals surface area contributed by atoms with E-state index >= 15 is 0 Å². The van der Waals surface area contributed by atoms with E-state index in [0.717, 1.165) is 6.42 Å². The summed E-state index contributed by atoms with van der Waals surface area (Å²) in [6, 6.07) is 0. The van der Waals surface area contributed by atoms with Crippen LogP contribution >= 0.6 is 12.2 Å². The van der Waals surface area contributed by atoms with E-state index in [1.807, 2.05) is 6.92 Å². The second-order valence-electron chi connectivity index (χ2n) is 5.53. The summed E-state index contributed by atoms with van der Waals surface area (Å²) in [6.45, 7) is 14.4. The lowest BCUT2D eigenvalue weighted by molar-refractivity contribution is 0.0522. The molecule has 0 aliphatic heterocycles. The van der Waals surface area contributed by atoms with Crippen molar-refractivity contribution in [1.82, 2.24) is 0 Å². The summed E-state index contributed by atoms with van der Waals surface area (Å²) < 4.78 is 11.5. The summed E-state index contributed by atoms with van der Waals surface area (Å²) in [6.07, 6.45) is 0.534. The van der Waals surface area contributed by atoms with Crippen molar-refractivity contribution in [1.29, 1.82) is 0 Å². The molecule has 3 nitrogen and oxygen atoms in total. The molecule has 0 rings (SSSR count). The third-order valence-electron chi connectivity index (χ3n) is 3.19. The molecule has 0 aliphatic rings. The van der Waals surface area contributed by atoms with Crippen molar-refractivity contribution in [2.75, 3.05) is 13.2 Å². The van der Waals surface area contributed by atoms with E-state index in [4.69, 9.17) is 9.16 Å². The van der Waals surface area contributed by atoms with E-state index in [-0.39, 0.29) is 11.3 Å². The minimum atomic E-state index is -1.66. The fourth-order valence-electron chi connectivity index (χ4n) is 1.07. The highest BCUT2D eigenvalue weighted by Gasteiger charge is 2.36. The van der Waals surface area contributed by atoms with Crippen LogP contribution in [0.4, 0.5) is 0 Å². The lowest BCUT2D eigenvalue weighted by atomic mass is 10.2. The maximum absolute atomic E-state index is 6.05. The van der Waals surface area contributed by atoms with Crippen molar-refractivity contribution in [3.8, 4) is 0 Å². The molecule has 5 heteroatoms. The zero-order chi connectivity index (χ0) is 13.5. The number of hydrogen-bond acceptors (Lipinski definition) is 4. The normalized spacial score (nSPS) is 14.2. The van der Waals surface area contributed by atoms with Gasteiger partial charge >= 0.3 is 0 Å². The van der Waals surface area contributed by atoms with Gasteiger partial charge < -0.3 is 9.16 Å². The molecule has 1 atom stereocenters. The molecule has 0 saturated heterocycles. The first kappa shape index (κ1) is 16.9. The van der Waals surface area contributed by atoms with Crippen LogP contribution in [0.15, 0.2) is 4.99 Å². The molecule has 100 valence electrons. The van der Waals surface area contributed by atoms with Gasteiger partial charge in [-0.15, -0.1) is 0 Å². The van der Waals surface area contributed by atoms with E-state index in [2.05, 4.69) is 56.2 Å². The van der Waals surface area contributed by atoms with Crippen LogP contribution < -0.4 is 0 Å². The molecule has 1 unspecified atom stereocenters. The highest BCUT2D eigenvalue weighted by atomic mass is 32.1. The Hall–Kier alpha value is -0.0631. The molecular weight excluding hydrogens is 250 g/mol. The Kier molecular flexibility index (Phi) is 7.36. The van der Waals surface area contributed by atoms with Crippen LogP contribution in [0.3, 0.4) is 0 Å². The third kappa shape index (κ3) is 6.43. The van der Waals surface area contributed by atoms with E-state index in [1.54, 1.807) is 0 Å². The molecular formula is C12H25NO2SSi. The van der Waals surface area contributed by atoms with Gasteiger partial charge in [0, 0.05) is 19.6 Å². The zero-order valence-corrected chi connectivity index (χ0v) is 13.7. The fraction of sp³-hybridized carbons (Fsp3) is 0.917. The van der Waals surface area contributed by atoms with E-state index in [0.29, 0.717) is 13.2 Å². The molecule has 17 heavy (non-hydrogen) atoms. The molecule has 0 bridgehead atoms. The lowest BCUT2D eigenvalue weighted by Gasteiger charge is -2.36. The Labute approximate surface area is 112 Å². The minimum Gasteiger partial charge on any atom is -0.417 e. The highest BCUT2D eigenvalue weighted by molar-refractivity contribution is 7.78. The van der Waals surface area contributed by atoms with Crippen LogP contribution in [-0.2, 0) is 9.16 Å². The first-order valence-corrected chi connectivity index (χ1v) is 9.38. The van der Waals surface area contributed by atoms with Gasteiger partial charge in [0.25, 0.3) is 0 Å². The molecule has 0 fully saturated rings. The first-order valence-electron chi connectivity index (χ1n) is 6.07. The van der Waals surface area contributed by atoms with Gasteiger partial charge in [0.1, 0.15) is 0 Å². The molecule has 0 heterocycles. The second-order valence-corrected chi connectivity index (χ2v) is 10.5. The molecule has 0 spiro atoms. The van der Waals surface area contributed by atoms with Gasteiger partial charge in [-0.1, -0.05) is 20.8 Å². The van der Waals surface area contributed by atoms with Crippen molar-refractivity contribution in [3.05, 3.63) is 0 Å². The van der Waals surface area contributed by atoms with Crippen molar-refractivity contribution in [2.24, 2.45) is 4.99 Å². The van der Waals surface area contributed by atoms with Crippen molar-refractivity contribution >= 4 is 25.7 Å². The van der Waals surface area contributed by atoms with Crippen molar-refractivity contribution in [2.45, 2.75) is 58.5 Å². The number of nitrogens with zero attached hydrogens (tertiary/aromatic N) is 1. The smallest absolute Gasteiger partial charge is 0.191 e. The molecule has 0 aromatic rings. The van der Waals surface area contributed by atoms with Crippen LogP contribution in [0.5, 0.6) is 0 Å². The quantitative estimate of drug-likeness (QED) is 0.401. The van der Waals surface area contributed by atoms with Gasteiger partial charge in [-0.25, -0.2) is 4.99 Å². The molecule has 0 aromatic heterocycles. The number of aliphatic imine (C=N–C) groups is 1. The maximum atomic E-state index is 6.05. The predicted octanol–water partition coefficient (Wildman–Crippen LogP) is 3.86. The summed E-state index contributed by atoms with van der Waals surface area (Å²) in [5, 5.41) is 2.61. The molecule has 0 radical (unpaired) electrons. The Morgan fingerprint density at radius 2 is 1.94 bits per heavy atom. The summed E-state index contributed by atoms with van der Waals surface area (Å²) >= 11 is 4.60. The molecule has 0 saturated carbocycles. The Morgan fingerprint density at radius 3 is 2.35 bits per heavy atom. The number of thiocarbonyl (C=S) groups is 1. The molecule has 0 N–H and O–H groups in total. The molecule has 0 aromatic carbocycles. The Morgan fingerprint density at radius 1 is 1.35 bits per heavy atom. The van der Waals surface area contributed by atoms with Gasteiger partial charge in [-0.2, -0.15) is 0 Å². The fourth-order valence-corrected chi connectivity index (χ4v) is 2.25. The monoisotopic (exact) mass is 275 g/mol. The third-order valence-corrected chi connectivity index (χ3v) is 7.83. The molecule has 0 aliphatic carbocycles. The Bertz CT molecular complexity index is 270. The maximum Gasteiger partial charge on any atom is 0.191 e. The number of rotatable bonds is 7. The average molecular weight is 275 g/mol. The van der Waals surface area contributed by atoms with Crippen LogP contribution in [0.2, 0.25) is 18.1 Å². The van der Waals surface area contributed by atoms with Crippen LogP contribution in [0.25, 0.3) is 0 Å². The van der Waals surface area contributed by atoms with Crippen LogP contribution in [0.1, 0.15) is 34.1 Å². The lowest BCUT2D eigenvalue weighted by Crippen LogP contribution is -2.41. The second kappa shape index (κ2) is 7.39. The van der Waals surface area contributed by atoms with Crippen molar-refractivity contribution in [3.63, 3.8) is 0 Å². The van der Waals surface area contributed by atoms with Gasteiger partial charge in [-0.3, -0.25) is 0 Å². The minimum absolute atomic E-state index is 0.206. The van der Waals surface area contributed by atoms with Gasteiger partial charge in [-0.05, 0) is 37.3 Å². The standard InChI is InChI=1S/C12H25NO2SSi/c1-7-14-11(13-10-16)8-9-15-17(5,6)12(2,3)4/h11H,7-9H2,1-6H3. The predicted molar refractivity (Wildman–Crippen MR) is 78.2 cm³/mol. The number of ether oxygens (including phenoxy) is 1. The zero-order valence-electron chi connectivity index (χ0n) is 11.9. The first-order chi connectivity index (χ1) is 7.74. The van der Waals surface area contributed by atoms with Crippen LogP contribution in [0, 0.1) is 0 Å². The van der Waals surface area contributed by atoms with E-state index < -0.39 is 8.32 Å². The van der Waals surface area contributed by atoms with E-state index in [9.17, 15) is 0 Å². The number of isothiocyanates is 1. The Balaban J connectivity index is 4.16. The molecule has 0 amide bonds. The average Bonchev–Trinajstić information content (AvgIpc) is 2.16. The summed E-state index contributed by atoms with van der Waals surface area (Å²) in [5.41, 5.74) is 0. The topological polar surface area (TPSA) is 30.8 Å². The van der Waals surface area contributed by atoms with Crippen LogP contribution in [-0.4, -0.2) is 32.9 Å². The SMILES string of the molecule is CCOC(CCO[Si](C)(C)C(C)(C)C)N=C=S. The van der Waals surface area contributed by atoms with Gasteiger partial charge in [0.05, 0.1) is 5.16 Å². The largest absolute Gasteiger partial charge is 0.417 e. The van der Waals surface area contributed by atoms with E-state index in [1.165, 1.54) is 0 Å². The summed E-state index contributed by atoms with van der Waals surface area (Å²) in [7, 11) is -1.66. The number of hydrogen-bond donors (Lipinski definition) is 0.